The van der Waals surface area contributed by atoms with Crippen LogP contribution in [0.3, 0.4) is 0 Å². The summed E-state index contributed by atoms with van der Waals surface area (Å²) in [6, 6.07) is 4.02. The van der Waals surface area contributed by atoms with E-state index in [1.807, 2.05) is 18.3 Å². The number of halogens is 1. The zero-order valence-electron chi connectivity index (χ0n) is 7.53. The summed E-state index contributed by atoms with van der Waals surface area (Å²) in [6.07, 6.45) is 2.96. The van der Waals surface area contributed by atoms with E-state index in [1.54, 1.807) is 0 Å². The van der Waals surface area contributed by atoms with E-state index in [2.05, 4.69) is 25.3 Å². The van der Waals surface area contributed by atoms with Crippen LogP contribution in [0.2, 0.25) is 0 Å². The van der Waals surface area contributed by atoms with Crippen molar-refractivity contribution in [2.45, 2.75) is 13.0 Å². The fraction of sp³-hybridized carbons (Fsp3) is 0.300. The SMILES string of the molecule is Brc1ccc2nc3c(n2c1)COCC3. The summed E-state index contributed by atoms with van der Waals surface area (Å²) in [6.45, 7) is 1.46. The van der Waals surface area contributed by atoms with Crippen molar-refractivity contribution in [1.82, 2.24) is 9.38 Å². The Morgan fingerprint density at radius 1 is 1.43 bits per heavy atom. The van der Waals surface area contributed by atoms with Crippen LogP contribution in [-0.2, 0) is 17.8 Å². The number of rotatable bonds is 0. The quantitative estimate of drug-likeness (QED) is 0.719. The van der Waals surface area contributed by atoms with E-state index >= 15 is 0 Å². The summed E-state index contributed by atoms with van der Waals surface area (Å²) in [5, 5.41) is 0. The van der Waals surface area contributed by atoms with Crippen molar-refractivity contribution in [3.05, 3.63) is 34.2 Å². The molecule has 0 unspecified atom stereocenters. The Morgan fingerprint density at radius 3 is 3.29 bits per heavy atom. The predicted octanol–water partition coefficient (Wildman–Crippen LogP) is 2.17. The van der Waals surface area contributed by atoms with Crippen LogP contribution in [0.1, 0.15) is 11.4 Å². The average molecular weight is 253 g/mol. The van der Waals surface area contributed by atoms with Gasteiger partial charge in [-0.05, 0) is 28.1 Å². The number of hydrogen-bond acceptors (Lipinski definition) is 2. The molecule has 0 saturated heterocycles. The summed E-state index contributed by atoms with van der Waals surface area (Å²) in [7, 11) is 0. The number of hydrogen-bond donors (Lipinski definition) is 0. The van der Waals surface area contributed by atoms with Crippen LogP contribution in [0, 0.1) is 0 Å². The lowest BCUT2D eigenvalue weighted by atomic mass is 10.2. The third-order valence-corrected chi connectivity index (χ3v) is 2.96. The van der Waals surface area contributed by atoms with Crippen LogP contribution in [0.4, 0.5) is 0 Å². The summed E-state index contributed by atoms with van der Waals surface area (Å²) in [5.74, 6) is 0. The molecule has 0 aromatic carbocycles. The molecule has 0 radical (unpaired) electrons. The van der Waals surface area contributed by atoms with Crippen LogP contribution in [-0.4, -0.2) is 16.0 Å². The van der Waals surface area contributed by atoms with Crippen molar-refractivity contribution < 1.29 is 4.74 Å². The Balaban J connectivity index is 2.32. The Bertz CT molecular complexity index is 492. The highest BCUT2D eigenvalue weighted by atomic mass is 79.9. The van der Waals surface area contributed by atoms with Crippen molar-refractivity contribution in [2.75, 3.05) is 6.61 Å². The minimum absolute atomic E-state index is 0.674. The molecule has 14 heavy (non-hydrogen) atoms. The molecule has 0 amide bonds. The maximum Gasteiger partial charge on any atom is 0.137 e. The van der Waals surface area contributed by atoms with Gasteiger partial charge in [-0.25, -0.2) is 4.98 Å². The summed E-state index contributed by atoms with van der Waals surface area (Å²) in [4.78, 5) is 4.56. The molecule has 0 bridgehead atoms. The molecule has 0 aliphatic carbocycles. The first-order valence-corrected chi connectivity index (χ1v) is 5.37. The number of pyridine rings is 1. The Morgan fingerprint density at radius 2 is 2.36 bits per heavy atom. The Labute approximate surface area is 89.8 Å². The van der Waals surface area contributed by atoms with Crippen molar-refractivity contribution >= 4 is 21.6 Å². The molecule has 4 heteroatoms. The number of nitrogens with zero attached hydrogens (tertiary/aromatic N) is 2. The second-order valence-corrected chi connectivity index (χ2v) is 4.30. The van der Waals surface area contributed by atoms with Gasteiger partial charge in [0.15, 0.2) is 0 Å². The highest BCUT2D eigenvalue weighted by molar-refractivity contribution is 9.10. The lowest BCUT2D eigenvalue weighted by molar-refractivity contribution is 0.106. The molecule has 0 fully saturated rings. The van der Waals surface area contributed by atoms with Gasteiger partial charge in [-0.2, -0.15) is 0 Å². The molecule has 1 aliphatic rings. The minimum Gasteiger partial charge on any atom is -0.375 e. The lowest BCUT2D eigenvalue weighted by Crippen LogP contribution is -2.10. The molecule has 0 saturated carbocycles. The van der Waals surface area contributed by atoms with Gasteiger partial charge in [0, 0.05) is 17.1 Å². The first-order chi connectivity index (χ1) is 6.84. The van der Waals surface area contributed by atoms with Gasteiger partial charge in [0.05, 0.1) is 24.6 Å². The molecule has 72 valence electrons. The van der Waals surface area contributed by atoms with E-state index in [0.717, 1.165) is 23.1 Å². The molecule has 3 rings (SSSR count). The minimum atomic E-state index is 0.674. The first kappa shape index (κ1) is 8.44. The number of ether oxygens (including phenoxy) is 1. The largest absolute Gasteiger partial charge is 0.375 e. The molecular formula is C10H9BrN2O. The maximum absolute atomic E-state index is 5.43. The molecule has 2 aromatic heterocycles. The highest BCUT2D eigenvalue weighted by Gasteiger charge is 2.15. The fourth-order valence-corrected chi connectivity index (χ4v) is 2.14. The zero-order valence-corrected chi connectivity index (χ0v) is 9.12. The highest BCUT2D eigenvalue weighted by Crippen LogP contribution is 2.20. The van der Waals surface area contributed by atoms with Crippen LogP contribution in [0.15, 0.2) is 22.8 Å². The smallest absolute Gasteiger partial charge is 0.137 e. The van der Waals surface area contributed by atoms with Gasteiger partial charge in [0.25, 0.3) is 0 Å². The molecule has 0 spiro atoms. The topological polar surface area (TPSA) is 26.5 Å². The third-order valence-electron chi connectivity index (χ3n) is 2.49. The van der Waals surface area contributed by atoms with Gasteiger partial charge in [-0.3, -0.25) is 0 Å². The van der Waals surface area contributed by atoms with Gasteiger partial charge >= 0.3 is 0 Å². The summed E-state index contributed by atoms with van der Waals surface area (Å²) in [5.41, 5.74) is 3.37. The van der Waals surface area contributed by atoms with E-state index in [4.69, 9.17) is 4.74 Å². The number of fused-ring (bicyclic) bond motifs is 3. The number of imidazole rings is 1. The van der Waals surface area contributed by atoms with E-state index in [-0.39, 0.29) is 0 Å². The van der Waals surface area contributed by atoms with Crippen molar-refractivity contribution in [3.8, 4) is 0 Å². The first-order valence-electron chi connectivity index (χ1n) is 4.58. The van der Waals surface area contributed by atoms with Crippen LogP contribution >= 0.6 is 15.9 Å². The van der Waals surface area contributed by atoms with Gasteiger partial charge < -0.3 is 9.14 Å². The average Bonchev–Trinajstić information content (AvgIpc) is 2.56. The van der Waals surface area contributed by atoms with Gasteiger partial charge in [-0.15, -0.1) is 0 Å². The third kappa shape index (κ3) is 1.18. The Kier molecular flexibility index (Phi) is 1.85. The van der Waals surface area contributed by atoms with Gasteiger partial charge in [0.2, 0.25) is 0 Å². The monoisotopic (exact) mass is 252 g/mol. The normalized spacial score (nSPS) is 15.8. The van der Waals surface area contributed by atoms with Crippen molar-refractivity contribution in [1.29, 1.82) is 0 Å². The summed E-state index contributed by atoms with van der Waals surface area (Å²) >= 11 is 3.46. The van der Waals surface area contributed by atoms with Gasteiger partial charge in [0.1, 0.15) is 5.65 Å². The van der Waals surface area contributed by atoms with Crippen LogP contribution in [0.25, 0.3) is 5.65 Å². The number of aromatic nitrogens is 2. The van der Waals surface area contributed by atoms with Crippen molar-refractivity contribution in [3.63, 3.8) is 0 Å². The lowest BCUT2D eigenvalue weighted by Gasteiger charge is -2.11. The van der Waals surface area contributed by atoms with E-state index < -0.39 is 0 Å². The molecule has 3 heterocycles. The van der Waals surface area contributed by atoms with E-state index in [0.29, 0.717) is 6.61 Å². The molecule has 0 N–H and O–H groups in total. The van der Waals surface area contributed by atoms with Crippen LogP contribution < -0.4 is 0 Å². The summed E-state index contributed by atoms with van der Waals surface area (Å²) < 4.78 is 8.59. The molecule has 0 atom stereocenters. The molecule has 2 aromatic rings. The second kappa shape index (κ2) is 3.07. The predicted molar refractivity (Wildman–Crippen MR) is 56.3 cm³/mol. The van der Waals surface area contributed by atoms with E-state index in [9.17, 15) is 0 Å². The molecule has 3 nitrogen and oxygen atoms in total. The molecule has 1 aliphatic heterocycles. The second-order valence-electron chi connectivity index (χ2n) is 3.38. The Hall–Kier alpha value is -0.870. The fourth-order valence-electron chi connectivity index (χ4n) is 1.81. The standard InChI is InChI=1S/C10H9BrN2O/c11-7-1-2-10-12-8-3-4-14-6-9(8)13(10)5-7/h1-2,5H,3-4,6H2. The zero-order chi connectivity index (χ0) is 9.54. The van der Waals surface area contributed by atoms with Crippen LogP contribution in [0.5, 0.6) is 0 Å². The molecular weight excluding hydrogens is 244 g/mol. The van der Waals surface area contributed by atoms with Gasteiger partial charge in [-0.1, -0.05) is 0 Å². The van der Waals surface area contributed by atoms with Crippen molar-refractivity contribution in [2.24, 2.45) is 0 Å². The van der Waals surface area contributed by atoms with E-state index in [1.165, 1.54) is 11.4 Å². The maximum atomic E-state index is 5.43.